The van der Waals surface area contributed by atoms with Crippen LogP contribution in [0.2, 0.25) is 5.02 Å². The van der Waals surface area contributed by atoms with Gasteiger partial charge >= 0.3 is 0 Å². The molecule has 0 unspecified atom stereocenters. The van der Waals surface area contributed by atoms with E-state index in [1.807, 2.05) is 24.3 Å². The Morgan fingerprint density at radius 2 is 1.07 bits per heavy atom. The minimum Gasteiger partial charge on any atom is -0.339 e. The first-order valence-corrected chi connectivity index (χ1v) is 12.1. The predicted molar refractivity (Wildman–Crippen MR) is 123 cm³/mol. The van der Waals surface area contributed by atoms with Crippen LogP contribution in [0.25, 0.3) is 0 Å². The Labute approximate surface area is 179 Å². The van der Waals surface area contributed by atoms with Crippen molar-refractivity contribution in [1.82, 2.24) is 4.90 Å². The molecule has 160 valence electrons. The molecule has 0 saturated carbocycles. The quantitative estimate of drug-likeness (QED) is 0.238. The van der Waals surface area contributed by atoms with Crippen LogP contribution in [-0.2, 0) is 0 Å². The van der Waals surface area contributed by atoms with Crippen LogP contribution in [0.4, 0.5) is 0 Å². The van der Waals surface area contributed by atoms with Crippen LogP contribution in [0.3, 0.4) is 0 Å². The highest BCUT2D eigenvalue weighted by atomic mass is 35.5. The van der Waals surface area contributed by atoms with Crippen molar-refractivity contribution in [2.75, 3.05) is 13.1 Å². The van der Waals surface area contributed by atoms with Crippen molar-refractivity contribution in [2.45, 2.75) is 104 Å². The fraction of sp³-hybridized carbons (Fsp3) is 0.720. The van der Waals surface area contributed by atoms with E-state index in [0.717, 1.165) is 31.5 Å². The van der Waals surface area contributed by atoms with Gasteiger partial charge < -0.3 is 4.90 Å². The van der Waals surface area contributed by atoms with Crippen molar-refractivity contribution in [1.29, 1.82) is 0 Å². The van der Waals surface area contributed by atoms with Crippen molar-refractivity contribution < 1.29 is 4.79 Å². The summed E-state index contributed by atoms with van der Waals surface area (Å²) in [7, 11) is 0. The average molecular weight is 408 g/mol. The number of unbranched alkanes of at least 4 members (excludes halogenated alkanes) is 12. The monoisotopic (exact) mass is 407 g/mol. The lowest BCUT2D eigenvalue weighted by atomic mass is 10.1. The number of halogens is 1. The first-order chi connectivity index (χ1) is 13.7. The molecule has 1 aromatic carbocycles. The maximum atomic E-state index is 12.9. The van der Waals surface area contributed by atoms with E-state index in [1.54, 1.807) is 0 Å². The molecular weight excluding hydrogens is 366 g/mol. The summed E-state index contributed by atoms with van der Waals surface area (Å²) < 4.78 is 0. The highest BCUT2D eigenvalue weighted by Gasteiger charge is 2.15. The molecule has 0 spiro atoms. The van der Waals surface area contributed by atoms with E-state index < -0.39 is 0 Å². The molecule has 2 nitrogen and oxygen atoms in total. The van der Waals surface area contributed by atoms with E-state index in [0.29, 0.717) is 5.02 Å². The third-order valence-corrected chi connectivity index (χ3v) is 5.69. The van der Waals surface area contributed by atoms with Gasteiger partial charge in [0.15, 0.2) is 0 Å². The SMILES string of the molecule is CCCCCCCCCN(CCCCCCCCC)C(=O)c1ccc(Cl)cc1. The minimum absolute atomic E-state index is 0.161. The zero-order valence-electron chi connectivity index (χ0n) is 18.4. The summed E-state index contributed by atoms with van der Waals surface area (Å²) in [4.78, 5) is 15.0. The Morgan fingerprint density at radius 1 is 0.679 bits per heavy atom. The third-order valence-electron chi connectivity index (χ3n) is 5.44. The second-order valence-electron chi connectivity index (χ2n) is 8.04. The van der Waals surface area contributed by atoms with E-state index in [9.17, 15) is 4.79 Å². The fourth-order valence-electron chi connectivity index (χ4n) is 3.61. The van der Waals surface area contributed by atoms with Gasteiger partial charge in [-0.2, -0.15) is 0 Å². The number of carbonyl (C=O) groups excluding carboxylic acids is 1. The molecule has 0 radical (unpaired) electrons. The van der Waals surface area contributed by atoms with E-state index in [-0.39, 0.29) is 5.91 Å². The van der Waals surface area contributed by atoms with Crippen LogP contribution >= 0.6 is 11.6 Å². The Bertz CT molecular complexity index is 482. The molecule has 0 aliphatic rings. The summed E-state index contributed by atoms with van der Waals surface area (Å²) in [5.41, 5.74) is 0.760. The van der Waals surface area contributed by atoms with Crippen LogP contribution < -0.4 is 0 Å². The molecule has 3 heteroatoms. The molecule has 1 aromatic rings. The molecule has 0 aliphatic heterocycles. The van der Waals surface area contributed by atoms with Crippen LogP contribution in [0, 0.1) is 0 Å². The summed E-state index contributed by atoms with van der Waals surface area (Å²) in [5.74, 6) is 0.161. The van der Waals surface area contributed by atoms with E-state index in [1.165, 1.54) is 77.0 Å². The number of benzene rings is 1. The topological polar surface area (TPSA) is 20.3 Å². The van der Waals surface area contributed by atoms with Gasteiger partial charge in [0.05, 0.1) is 0 Å². The highest BCUT2D eigenvalue weighted by Crippen LogP contribution is 2.15. The largest absolute Gasteiger partial charge is 0.339 e. The Balaban J connectivity index is 2.40. The van der Waals surface area contributed by atoms with Crippen molar-refractivity contribution in [3.05, 3.63) is 34.9 Å². The Hall–Kier alpha value is -1.02. The van der Waals surface area contributed by atoms with Crippen molar-refractivity contribution in [3.63, 3.8) is 0 Å². The number of carbonyl (C=O) groups is 1. The van der Waals surface area contributed by atoms with Crippen LogP contribution in [0.15, 0.2) is 24.3 Å². The van der Waals surface area contributed by atoms with Gasteiger partial charge in [-0.1, -0.05) is 102 Å². The van der Waals surface area contributed by atoms with E-state index >= 15 is 0 Å². The van der Waals surface area contributed by atoms with Crippen molar-refractivity contribution in [3.8, 4) is 0 Å². The van der Waals surface area contributed by atoms with Crippen molar-refractivity contribution >= 4 is 17.5 Å². The maximum Gasteiger partial charge on any atom is 0.253 e. The van der Waals surface area contributed by atoms with Gasteiger partial charge in [-0.3, -0.25) is 4.79 Å². The summed E-state index contributed by atoms with van der Waals surface area (Å²) in [6, 6.07) is 7.34. The average Bonchev–Trinajstić information content (AvgIpc) is 2.71. The van der Waals surface area contributed by atoms with Gasteiger partial charge in [-0.15, -0.1) is 0 Å². The molecule has 1 rings (SSSR count). The van der Waals surface area contributed by atoms with E-state index in [4.69, 9.17) is 11.6 Å². The third kappa shape index (κ3) is 11.7. The molecule has 0 aromatic heterocycles. The normalized spacial score (nSPS) is 11.0. The molecular formula is C25H42ClNO. The zero-order valence-corrected chi connectivity index (χ0v) is 19.1. The molecule has 0 bridgehead atoms. The molecule has 0 fully saturated rings. The standard InChI is InChI=1S/C25H42ClNO/c1-3-5-7-9-11-13-15-21-27(22-16-14-12-10-8-6-4-2)25(28)23-17-19-24(26)20-18-23/h17-20H,3-16,21-22H2,1-2H3. The van der Waals surface area contributed by atoms with Crippen molar-refractivity contribution in [2.24, 2.45) is 0 Å². The molecule has 0 N–H and O–H groups in total. The second kappa shape index (κ2) is 16.9. The lowest BCUT2D eigenvalue weighted by Gasteiger charge is -2.23. The number of hydrogen-bond donors (Lipinski definition) is 0. The first-order valence-electron chi connectivity index (χ1n) is 11.7. The Kier molecular flexibility index (Phi) is 15.1. The fourth-order valence-corrected chi connectivity index (χ4v) is 3.74. The van der Waals surface area contributed by atoms with Gasteiger partial charge in [0.2, 0.25) is 0 Å². The Morgan fingerprint density at radius 3 is 1.50 bits per heavy atom. The summed E-state index contributed by atoms with van der Waals surface area (Å²) >= 11 is 5.98. The lowest BCUT2D eigenvalue weighted by Crippen LogP contribution is -2.33. The van der Waals surface area contributed by atoms with Gasteiger partial charge in [-0.05, 0) is 37.1 Å². The molecule has 0 aliphatic carbocycles. The summed E-state index contributed by atoms with van der Waals surface area (Å²) in [5, 5.41) is 0.683. The number of amides is 1. The molecule has 0 saturated heterocycles. The lowest BCUT2D eigenvalue weighted by molar-refractivity contribution is 0.0749. The predicted octanol–water partition coefficient (Wildman–Crippen LogP) is 8.28. The summed E-state index contributed by atoms with van der Waals surface area (Å²) in [6.45, 7) is 6.27. The van der Waals surface area contributed by atoms with Crippen LogP contribution in [-0.4, -0.2) is 23.9 Å². The summed E-state index contributed by atoms with van der Waals surface area (Å²) in [6.07, 6.45) is 17.9. The van der Waals surface area contributed by atoms with Crippen LogP contribution in [0.5, 0.6) is 0 Å². The first kappa shape index (κ1) is 25.0. The molecule has 28 heavy (non-hydrogen) atoms. The van der Waals surface area contributed by atoms with Gasteiger partial charge in [0.25, 0.3) is 5.91 Å². The number of nitrogens with zero attached hydrogens (tertiary/aromatic N) is 1. The van der Waals surface area contributed by atoms with Gasteiger partial charge in [0, 0.05) is 23.7 Å². The highest BCUT2D eigenvalue weighted by molar-refractivity contribution is 6.30. The minimum atomic E-state index is 0.161. The second-order valence-corrected chi connectivity index (χ2v) is 8.48. The molecule has 1 amide bonds. The molecule has 0 heterocycles. The smallest absolute Gasteiger partial charge is 0.253 e. The molecule has 0 atom stereocenters. The van der Waals surface area contributed by atoms with E-state index in [2.05, 4.69) is 18.7 Å². The van der Waals surface area contributed by atoms with Gasteiger partial charge in [0.1, 0.15) is 0 Å². The number of rotatable bonds is 17. The van der Waals surface area contributed by atoms with Crippen LogP contribution in [0.1, 0.15) is 114 Å². The zero-order chi connectivity index (χ0) is 20.5. The van der Waals surface area contributed by atoms with Gasteiger partial charge in [-0.25, -0.2) is 0 Å². The maximum absolute atomic E-state index is 12.9. The number of hydrogen-bond acceptors (Lipinski definition) is 1.